The molecule has 16 heavy (non-hydrogen) atoms. The quantitative estimate of drug-likeness (QED) is 0.737. The topological polar surface area (TPSA) is 81.5 Å². The van der Waals surface area contributed by atoms with Gasteiger partial charge >= 0.3 is 6.36 Å². The van der Waals surface area contributed by atoms with E-state index >= 15 is 0 Å². The zero-order valence-electron chi connectivity index (χ0n) is 8.16. The molecule has 0 aliphatic carbocycles. The number of aromatic hydroxyl groups is 1. The first kappa shape index (κ1) is 12.6. The van der Waals surface area contributed by atoms with Crippen molar-refractivity contribution < 1.29 is 23.0 Å². The smallest absolute Gasteiger partial charge is 0.507 e. The molecule has 0 bridgehead atoms. The van der Waals surface area contributed by atoms with E-state index in [0.717, 1.165) is 12.1 Å². The van der Waals surface area contributed by atoms with Gasteiger partial charge in [-0.2, -0.15) is 0 Å². The summed E-state index contributed by atoms with van der Waals surface area (Å²) in [5.74, 6) is -0.877. The van der Waals surface area contributed by atoms with Crippen LogP contribution in [0.3, 0.4) is 0 Å². The summed E-state index contributed by atoms with van der Waals surface area (Å²) in [6, 6.07) is 2.53. The third-order valence-corrected chi connectivity index (χ3v) is 1.89. The second-order valence-corrected chi connectivity index (χ2v) is 3.11. The Morgan fingerprint density at radius 1 is 1.38 bits per heavy atom. The zero-order chi connectivity index (χ0) is 12.3. The van der Waals surface area contributed by atoms with Gasteiger partial charge in [-0.05, 0) is 6.07 Å². The average molecular weight is 236 g/mol. The highest BCUT2D eigenvalue weighted by Gasteiger charge is 2.31. The fraction of sp³-hybridized carbons (Fsp3) is 0.333. The molecule has 1 aromatic rings. The Morgan fingerprint density at radius 2 is 2.00 bits per heavy atom. The van der Waals surface area contributed by atoms with E-state index in [-0.39, 0.29) is 17.9 Å². The number of halogens is 3. The molecule has 7 heteroatoms. The Labute approximate surface area is 89.6 Å². The van der Waals surface area contributed by atoms with E-state index < -0.39 is 18.2 Å². The third kappa shape index (κ3) is 3.28. The van der Waals surface area contributed by atoms with Crippen LogP contribution in [0.2, 0.25) is 0 Å². The monoisotopic (exact) mass is 236 g/mol. The van der Waals surface area contributed by atoms with Gasteiger partial charge < -0.3 is 21.3 Å². The van der Waals surface area contributed by atoms with Crippen LogP contribution in [-0.2, 0) is 0 Å². The number of phenols is 1. The van der Waals surface area contributed by atoms with Crippen molar-refractivity contribution >= 4 is 0 Å². The summed E-state index contributed by atoms with van der Waals surface area (Å²) in [6.45, 7) is 0.0764. The van der Waals surface area contributed by atoms with Crippen LogP contribution in [0, 0.1) is 0 Å². The van der Waals surface area contributed by atoms with Crippen LogP contribution < -0.4 is 16.2 Å². The number of hydrogen-bond donors (Lipinski definition) is 3. The van der Waals surface area contributed by atoms with Gasteiger partial charge in [0.2, 0.25) is 0 Å². The number of rotatable bonds is 3. The van der Waals surface area contributed by atoms with Gasteiger partial charge in [0.15, 0.2) is 0 Å². The van der Waals surface area contributed by atoms with Crippen molar-refractivity contribution in [2.24, 2.45) is 11.5 Å². The number of ether oxygens (including phenoxy) is 1. The summed E-state index contributed by atoms with van der Waals surface area (Å²) in [4.78, 5) is 0. The van der Waals surface area contributed by atoms with Crippen LogP contribution in [0.15, 0.2) is 18.2 Å². The van der Waals surface area contributed by atoms with Gasteiger partial charge in [0, 0.05) is 24.2 Å². The van der Waals surface area contributed by atoms with Crippen molar-refractivity contribution in [2.45, 2.75) is 12.4 Å². The predicted octanol–water partition coefficient (Wildman–Crippen LogP) is 1.25. The van der Waals surface area contributed by atoms with Crippen LogP contribution in [-0.4, -0.2) is 18.0 Å². The second kappa shape index (κ2) is 4.58. The minimum atomic E-state index is -4.79. The van der Waals surface area contributed by atoms with Gasteiger partial charge in [0.05, 0.1) is 0 Å². The summed E-state index contributed by atoms with van der Waals surface area (Å²) in [5.41, 5.74) is 11.1. The van der Waals surface area contributed by atoms with E-state index in [1.165, 1.54) is 6.07 Å². The lowest BCUT2D eigenvalue weighted by Crippen LogP contribution is -2.21. The molecule has 0 fully saturated rings. The van der Waals surface area contributed by atoms with E-state index in [4.69, 9.17) is 11.5 Å². The standard InChI is InChI=1S/C9H11F3N2O2/c10-9(11,12)16-5-1-2-6(7(14)4-13)8(15)3-5/h1-3,7,15H,4,13-14H2/t7-/m1/s1. The van der Waals surface area contributed by atoms with Crippen LogP contribution >= 0.6 is 0 Å². The van der Waals surface area contributed by atoms with Gasteiger partial charge in [-0.1, -0.05) is 6.07 Å². The maximum atomic E-state index is 11.8. The molecule has 0 heterocycles. The fourth-order valence-electron chi connectivity index (χ4n) is 1.16. The molecule has 0 amide bonds. The van der Waals surface area contributed by atoms with Crippen molar-refractivity contribution in [3.8, 4) is 11.5 Å². The summed E-state index contributed by atoms with van der Waals surface area (Å²) in [6.07, 6.45) is -4.79. The Balaban J connectivity index is 2.91. The highest BCUT2D eigenvalue weighted by molar-refractivity contribution is 5.41. The molecule has 0 saturated carbocycles. The number of benzene rings is 1. The summed E-state index contributed by atoms with van der Waals surface area (Å²) < 4.78 is 39.2. The molecule has 1 rings (SSSR count). The molecular weight excluding hydrogens is 225 g/mol. The van der Waals surface area contributed by atoms with Crippen molar-refractivity contribution in [3.05, 3.63) is 23.8 Å². The molecule has 0 saturated heterocycles. The molecule has 0 aliphatic heterocycles. The Bertz CT molecular complexity index is 368. The lowest BCUT2D eigenvalue weighted by molar-refractivity contribution is -0.274. The van der Waals surface area contributed by atoms with Crippen LogP contribution in [0.4, 0.5) is 13.2 Å². The number of nitrogens with two attached hydrogens (primary N) is 2. The minimum Gasteiger partial charge on any atom is -0.507 e. The van der Waals surface area contributed by atoms with Crippen LogP contribution in [0.25, 0.3) is 0 Å². The number of alkyl halides is 3. The highest BCUT2D eigenvalue weighted by Crippen LogP contribution is 2.30. The molecule has 0 spiro atoms. The van der Waals surface area contributed by atoms with Gasteiger partial charge in [-0.25, -0.2) is 0 Å². The minimum absolute atomic E-state index is 0.0764. The lowest BCUT2D eigenvalue weighted by atomic mass is 10.1. The molecular formula is C9H11F3N2O2. The largest absolute Gasteiger partial charge is 0.573 e. The van der Waals surface area contributed by atoms with E-state index in [9.17, 15) is 18.3 Å². The molecule has 1 atom stereocenters. The lowest BCUT2D eigenvalue weighted by Gasteiger charge is -2.13. The van der Waals surface area contributed by atoms with E-state index in [2.05, 4.69) is 4.74 Å². The first-order valence-corrected chi connectivity index (χ1v) is 4.38. The normalized spacial score (nSPS) is 13.6. The van der Waals surface area contributed by atoms with Gasteiger partial charge in [-0.3, -0.25) is 0 Å². The number of hydrogen-bond acceptors (Lipinski definition) is 4. The Hall–Kier alpha value is -1.47. The molecule has 0 radical (unpaired) electrons. The molecule has 0 aromatic heterocycles. The molecule has 5 N–H and O–H groups in total. The summed E-state index contributed by atoms with van der Waals surface area (Å²) in [7, 11) is 0. The van der Waals surface area contributed by atoms with Crippen molar-refractivity contribution in [3.63, 3.8) is 0 Å². The first-order valence-electron chi connectivity index (χ1n) is 4.38. The maximum absolute atomic E-state index is 11.8. The Morgan fingerprint density at radius 3 is 2.44 bits per heavy atom. The zero-order valence-corrected chi connectivity index (χ0v) is 8.16. The maximum Gasteiger partial charge on any atom is 0.573 e. The van der Waals surface area contributed by atoms with E-state index in [1.54, 1.807) is 0 Å². The van der Waals surface area contributed by atoms with Crippen LogP contribution in [0.1, 0.15) is 11.6 Å². The molecule has 1 aromatic carbocycles. The summed E-state index contributed by atoms with van der Waals surface area (Å²) >= 11 is 0. The SMILES string of the molecule is NC[C@@H](N)c1ccc(OC(F)(F)F)cc1O. The predicted molar refractivity (Wildman–Crippen MR) is 50.8 cm³/mol. The molecule has 0 aliphatic rings. The first-order chi connectivity index (χ1) is 7.33. The molecule has 4 nitrogen and oxygen atoms in total. The van der Waals surface area contributed by atoms with Gasteiger partial charge in [0.25, 0.3) is 0 Å². The third-order valence-electron chi connectivity index (χ3n) is 1.89. The average Bonchev–Trinajstić information content (AvgIpc) is 2.14. The fourth-order valence-corrected chi connectivity index (χ4v) is 1.16. The van der Waals surface area contributed by atoms with Gasteiger partial charge in [-0.15, -0.1) is 13.2 Å². The van der Waals surface area contributed by atoms with Crippen molar-refractivity contribution in [1.82, 2.24) is 0 Å². The Kier molecular flexibility index (Phi) is 3.61. The summed E-state index contributed by atoms with van der Waals surface area (Å²) in [5, 5.41) is 9.41. The van der Waals surface area contributed by atoms with E-state index in [0.29, 0.717) is 0 Å². The van der Waals surface area contributed by atoms with E-state index in [1.807, 2.05) is 0 Å². The number of phenolic OH excluding ortho intramolecular Hbond substituents is 1. The van der Waals surface area contributed by atoms with Crippen molar-refractivity contribution in [2.75, 3.05) is 6.54 Å². The molecule has 90 valence electrons. The molecule has 0 unspecified atom stereocenters. The van der Waals surface area contributed by atoms with Crippen molar-refractivity contribution in [1.29, 1.82) is 0 Å². The van der Waals surface area contributed by atoms with Crippen LogP contribution in [0.5, 0.6) is 11.5 Å². The highest BCUT2D eigenvalue weighted by atomic mass is 19.4. The van der Waals surface area contributed by atoms with Gasteiger partial charge in [0.1, 0.15) is 11.5 Å². The second-order valence-electron chi connectivity index (χ2n) is 3.11.